The number of aromatic nitrogens is 4. The van der Waals surface area contributed by atoms with E-state index in [4.69, 9.17) is 10.5 Å². The van der Waals surface area contributed by atoms with E-state index in [1.165, 1.54) is 12.6 Å². The van der Waals surface area contributed by atoms with Crippen LogP contribution in [0.15, 0.2) is 30.9 Å². The van der Waals surface area contributed by atoms with Gasteiger partial charge in [0, 0.05) is 35.8 Å². The van der Waals surface area contributed by atoms with Gasteiger partial charge >= 0.3 is 0 Å². The molecule has 3 aromatic heterocycles. The summed E-state index contributed by atoms with van der Waals surface area (Å²) in [5, 5.41) is 4.03. The topological polar surface area (TPSA) is 98.8 Å². The van der Waals surface area contributed by atoms with Crippen LogP contribution in [0.4, 0.5) is 16.2 Å². The summed E-state index contributed by atoms with van der Waals surface area (Å²) in [6, 6.07) is 1.91. The van der Waals surface area contributed by atoms with Crippen LogP contribution in [-0.2, 0) is 4.74 Å². The SMILES string of the molecule is Nc1ncc(-c2ccncc2F)c2nc(NC3CCC4(CCO4)CC3)ncc12. The van der Waals surface area contributed by atoms with Gasteiger partial charge in [-0.1, -0.05) is 0 Å². The van der Waals surface area contributed by atoms with Crippen molar-refractivity contribution in [2.24, 2.45) is 0 Å². The van der Waals surface area contributed by atoms with E-state index < -0.39 is 5.82 Å². The van der Waals surface area contributed by atoms with Gasteiger partial charge in [0.1, 0.15) is 11.6 Å². The van der Waals surface area contributed by atoms with Gasteiger partial charge in [0.25, 0.3) is 0 Å². The molecule has 7 nitrogen and oxygen atoms in total. The first-order valence-corrected chi connectivity index (χ1v) is 9.55. The Bertz CT molecular complexity index is 1030. The Morgan fingerprint density at radius 1 is 1.11 bits per heavy atom. The Morgan fingerprint density at radius 2 is 1.93 bits per heavy atom. The van der Waals surface area contributed by atoms with E-state index in [1.54, 1.807) is 24.7 Å². The van der Waals surface area contributed by atoms with Crippen LogP contribution in [0, 0.1) is 5.82 Å². The zero-order valence-corrected chi connectivity index (χ0v) is 15.4. The number of halogens is 1. The van der Waals surface area contributed by atoms with Gasteiger partial charge in [0.2, 0.25) is 5.95 Å². The van der Waals surface area contributed by atoms with Crippen molar-refractivity contribution >= 4 is 22.7 Å². The normalized spacial score (nSPS) is 24.2. The molecule has 2 aliphatic rings. The number of rotatable bonds is 3. The third kappa shape index (κ3) is 2.93. The fraction of sp³-hybridized carbons (Fsp3) is 0.400. The van der Waals surface area contributed by atoms with E-state index in [1.807, 2.05) is 0 Å². The summed E-state index contributed by atoms with van der Waals surface area (Å²) >= 11 is 0. The minimum absolute atomic E-state index is 0.120. The number of ether oxygens (including phenoxy) is 1. The van der Waals surface area contributed by atoms with E-state index >= 15 is 0 Å². The number of nitrogens with two attached hydrogens (primary N) is 1. The fourth-order valence-electron chi connectivity index (χ4n) is 4.16. The highest BCUT2D eigenvalue weighted by atomic mass is 19.1. The Morgan fingerprint density at radius 3 is 2.64 bits per heavy atom. The number of nitrogens with zero attached hydrogens (tertiary/aromatic N) is 4. The number of nitrogen functional groups attached to an aromatic ring is 1. The van der Waals surface area contributed by atoms with Crippen LogP contribution in [0.2, 0.25) is 0 Å². The second-order valence-electron chi connectivity index (χ2n) is 7.57. The third-order valence-corrected chi connectivity index (χ3v) is 5.91. The van der Waals surface area contributed by atoms with E-state index in [0.717, 1.165) is 32.3 Å². The number of pyridine rings is 2. The molecular formula is C20H21FN6O. The highest BCUT2D eigenvalue weighted by molar-refractivity contribution is 5.98. The van der Waals surface area contributed by atoms with Gasteiger partial charge in [-0.2, -0.15) is 0 Å². The molecule has 0 bridgehead atoms. The average Bonchev–Trinajstić information content (AvgIpc) is 2.69. The van der Waals surface area contributed by atoms with Crippen molar-refractivity contribution in [2.45, 2.75) is 43.7 Å². The predicted octanol–water partition coefficient (Wildman–Crippen LogP) is 3.32. The molecule has 0 atom stereocenters. The quantitative estimate of drug-likeness (QED) is 0.719. The molecule has 28 heavy (non-hydrogen) atoms. The lowest BCUT2D eigenvalue weighted by Crippen LogP contribution is -2.48. The summed E-state index contributed by atoms with van der Waals surface area (Å²) in [7, 11) is 0. The molecule has 8 heteroatoms. The minimum atomic E-state index is -0.429. The van der Waals surface area contributed by atoms with Gasteiger partial charge in [-0.15, -0.1) is 0 Å². The summed E-state index contributed by atoms with van der Waals surface area (Å²) in [5.74, 6) is 0.410. The number of anilines is 2. The van der Waals surface area contributed by atoms with Crippen LogP contribution in [-0.4, -0.2) is 38.2 Å². The van der Waals surface area contributed by atoms with Gasteiger partial charge in [-0.3, -0.25) is 4.98 Å². The van der Waals surface area contributed by atoms with Gasteiger partial charge in [0.15, 0.2) is 0 Å². The molecule has 0 radical (unpaired) electrons. The molecule has 0 amide bonds. The highest BCUT2D eigenvalue weighted by Crippen LogP contribution is 2.41. The average molecular weight is 380 g/mol. The molecule has 3 N–H and O–H groups in total. The molecule has 1 saturated heterocycles. The van der Waals surface area contributed by atoms with Gasteiger partial charge < -0.3 is 15.8 Å². The molecule has 1 aliphatic carbocycles. The lowest BCUT2D eigenvalue weighted by atomic mass is 9.77. The van der Waals surface area contributed by atoms with Crippen molar-refractivity contribution < 1.29 is 9.13 Å². The molecule has 1 saturated carbocycles. The molecule has 0 aromatic carbocycles. The van der Waals surface area contributed by atoms with Crippen LogP contribution in [0.5, 0.6) is 0 Å². The standard InChI is InChI=1S/C20H21FN6O/c21-16-11-23-7-3-13(16)14-9-24-18(22)15-10-25-19(27-17(14)15)26-12-1-4-20(5-2-12)6-8-28-20/h3,7,9-12H,1-2,4-6,8H2,(H2,22,24)(H,25,26,27). The first-order chi connectivity index (χ1) is 13.6. The van der Waals surface area contributed by atoms with E-state index in [2.05, 4.69) is 25.3 Å². The summed E-state index contributed by atoms with van der Waals surface area (Å²) in [6.07, 6.45) is 11.2. The minimum Gasteiger partial charge on any atom is -0.383 e. The summed E-state index contributed by atoms with van der Waals surface area (Å²) in [5.41, 5.74) is 7.65. The maximum absolute atomic E-state index is 14.3. The zero-order chi connectivity index (χ0) is 19.1. The van der Waals surface area contributed by atoms with Crippen molar-refractivity contribution in [1.29, 1.82) is 0 Å². The summed E-state index contributed by atoms with van der Waals surface area (Å²) in [6.45, 7) is 0.885. The largest absolute Gasteiger partial charge is 0.383 e. The predicted molar refractivity (Wildman–Crippen MR) is 104 cm³/mol. The van der Waals surface area contributed by atoms with E-state index in [9.17, 15) is 4.39 Å². The van der Waals surface area contributed by atoms with Crippen molar-refractivity contribution in [3.63, 3.8) is 0 Å². The third-order valence-electron chi connectivity index (χ3n) is 5.91. The Hall–Kier alpha value is -2.87. The zero-order valence-electron chi connectivity index (χ0n) is 15.4. The molecule has 3 aromatic rings. The molecule has 2 fully saturated rings. The first kappa shape index (κ1) is 17.2. The van der Waals surface area contributed by atoms with E-state index in [-0.39, 0.29) is 5.60 Å². The summed E-state index contributed by atoms with van der Waals surface area (Å²) < 4.78 is 20.1. The second kappa shape index (κ2) is 6.63. The van der Waals surface area contributed by atoms with Gasteiger partial charge in [-0.05, 0) is 38.2 Å². The highest BCUT2D eigenvalue weighted by Gasteiger charge is 2.41. The molecular weight excluding hydrogens is 359 g/mol. The molecule has 4 heterocycles. The maximum atomic E-state index is 14.3. The van der Waals surface area contributed by atoms with Crippen LogP contribution in [0.25, 0.3) is 22.0 Å². The monoisotopic (exact) mass is 380 g/mol. The first-order valence-electron chi connectivity index (χ1n) is 9.55. The van der Waals surface area contributed by atoms with Gasteiger partial charge in [0.05, 0.1) is 29.3 Å². The van der Waals surface area contributed by atoms with Gasteiger partial charge in [-0.25, -0.2) is 19.3 Å². The van der Waals surface area contributed by atoms with E-state index in [0.29, 0.717) is 39.8 Å². The van der Waals surface area contributed by atoms with Crippen LogP contribution >= 0.6 is 0 Å². The van der Waals surface area contributed by atoms with Crippen LogP contribution in [0.1, 0.15) is 32.1 Å². The lowest BCUT2D eigenvalue weighted by Gasteiger charge is -2.46. The molecule has 1 aliphatic heterocycles. The summed E-state index contributed by atoms with van der Waals surface area (Å²) in [4.78, 5) is 17.1. The van der Waals surface area contributed by atoms with Crippen molar-refractivity contribution in [2.75, 3.05) is 17.7 Å². The smallest absolute Gasteiger partial charge is 0.223 e. The number of fused-ring (bicyclic) bond motifs is 1. The fourth-order valence-corrected chi connectivity index (χ4v) is 4.16. The van der Waals surface area contributed by atoms with Crippen molar-refractivity contribution in [3.05, 3.63) is 36.7 Å². The molecule has 1 spiro atoms. The Kier molecular flexibility index (Phi) is 4.08. The van der Waals surface area contributed by atoms with Crippen LogP contribution < -0.4 is 11.1 Å². The van der Waals surface area contributed by atoms with Crippen LogP contribution in [0.3, 0.4) is 0 Å². The Balaban J connectivity index is 1.46. The molecule has 144 valence electrons. The number of hydrogen-bond donors (Lipinski definition) is 2. The lowest BCUT2D eigenvalue weighted by molar-refractivity contribution is -0.165. The van der Waals surface area contributed by atoms with Crippen molar-refractivity contribution in [1.82, 2.24) is 19.9 Å². The molecule has 5 rings (SSSR count). The number of nitrogens with one attached hydrogen (secondary N) is 1. The maximum Gasteiger partial charge on any atom is 0.223 e. The van der Waals surface area contributed by atoms with Crippen molar-refractivity contribution in [3.8, 4) is 11.1 Å². The second-order valence-corrected chi connectivity index (χ2v) is 7.57. The molecule has 0 unspecified atom stereocenters. The number of hydrogen-bond acceptors (Lipinski definition) is 7. The Labute approximate surface area is 161 Å².